The van der Waals surface area contributed by atoms with E-state index in [2.05, 4.69) is 0 Å². The number of carbonyl (C=O) groups excluding carboxylic acids is 2. The summed E-state index contributed by atoms with van der Waals surface area (Å²) in [6.45, 7) is 2.15. The molecule has 0 spiro atoms. The smallest absolute Gasteiger partial charge is 0.416 e. The van der Waals surface area contributed by atoms with Gasteiger partial charge in [-0.1, -0.05) is 19.1 Å². The third kappa shape index (κ3) is 5.05. The van der Waals surface area contributed by atoms with Crippen LogP contribution in [0.2, 0.25) is 0 Å². The van der Waals surface area contributed by atoms with E-state index in [4.69, 9.17) is 4.74 Å². The zero-order valence-corrected chi connectivity index (χ0v) is 16.8. The van der Waals surface area contributed by atoms with Crippen LogP contribution in [0.4, 0.5) is 23.7 Å². The second kappa shape index (κ2) is 8.80. The van der Waals surface area contributed by atoms with Crippen LogP contribution in [-0.4, -0.2) is 27.5 Å². The number of nitro groups is 1. The minimum atomic E-state index is -4.73. The Balaban J connectivity index is 1.87. The summed E-state index contributed by atoms with van der Waals surface area (Å²) in [7, 11) is 0. The number of nitro benzene ring substituents is 1. The zero-order chi connectivity index (χ0) is 22.8. The van der Waals surface area contributed by atoms with Gasteiger partial charge in [-0.05, 0) is 54.1 Å². The maximum Gasteiger partial charge on any atom is 0.416 e. The summed E-state index contributed by atoms with van der Waals surface area (Å²) < 4.78 is 44.0. The first-order valence-electron chi connectivity index (χ1n) is 8.99. The first kappa shape index (κ1) is 22.3. The highest BCUT2D eigenvalue weighted by Gasteiger charge is 2.35. The van der Waals surface area contributed by atoms with Gasteiger partial charge in [0.15, 0.2) is 0 Å². The molecule has 1 aliphatic heterocycles. The molecular formula is C20H15F3N2O5S. The minimum Gasteiger partial charge on any atom is -0.450 e. The van der Waals surface area contributed by atoms with Gasteiger partial charge in [-0.3, -0.25) is 24.6 Å². The van der Waals surface area contributed by atoms with Gasteiger partial charge in [0.25, 0.3) is 11.1 Å². The molecule has 162 valence electrons. The molecule has 1 aliphatic rings. The molecule has 11 heteroatoms. The van der Waals surface area contributed by atoms with Crippen LogP contribution in [0.3, 0.4) is 0 Å². The summed E-state index contributed by atoms with van der Waals surface area (Å²) in [4.78, 5) is 35.9. The average molecular weight is 452 g/mol. The third-order valence-electron chi connectivity index (χ3n) is 4.19. The lowest BCUT2D eigenvalue weighted by Gasteiger charge is -2.10. The number of amides is 2. The number of hydrogen-bond acceptors (Lipinski definition) is 6. The topological polar surface area (TPSA) is 89.8 Å². The Morgan fingerprint density at radius 2 is 1.94 bits per heavy atom. The first-order valence-corrected chi connectivity index (χ1v) is 9.80. The Morgan fingerprint density at radius 3 is 2.58 bits per heavy atom. The van der Waals surface area contributed by atoms with Gasteiger partial charge in [0, 0.05) is 12.6 Å². The van der Waals surface area contributed by atoms with E-state index in [0.717, 1.165) is 22.7 Å². The summed E-state index contributed by atoms with van der Waals surface area (Å²) in [5.74, 6) is -0.663. The molecule has 3 rings (SSSR count). The van der Waals surface area contributed by atoms with Crippen LogP contribution < -0.4 is 4.74 Å². The normalized spacial score (nSPS) is 15.6. The molecule has 0 saturated carbocycles. The van der Waals surface area contributed by atoms with Gasteiger partial charge >= 0.3 is 11.9 Å². The van der Waals surface area contributed by atoms with Crippen LogP contribution >= 0.6 is 11.8 Å². The summed E-state index contributed by atoms with van der Waals surface area (Å²) in [5.41, 5.74) is -1.52. The highest BCUT2D eigenvalue weighted by atomic mass is 32.2. The highest BCUT2D eigenvalue weighted by molar-refractivity contribution is 8.18. The van der Waals surface area contributed by atoms with Gasteiger partial charge < -0.3 is 4.74 Å². The summed E-state index contributed by atoms with van der Waals surface area (Å²) in [5, 5.41) is 10.8. The molecule has 2 aromatic carbocycles. The van der Waals surface area contributed by atoms with E-state index in [0.29, 0.717) is 30.7 Å². The SMILES string of the molecule is CCCN1C(=O)S/C(=C/c2cccc(Oc3ccc(C(F)(F)F)cc3[N+](=O)[O-])c2)C1=O. The van der Waals surface area contributed by atoms with E-state index in [1.165, 1.54) is 18.2 Å². The standard InChI is InChI=1S/C20H15F3N2O5S/c1-2-8-24-18(26)17(31-19(24)27)10-12-4-3-5-14(9-12)30-16-7-6-13(20(21,22)23)11-15(16)25(28)29/h3-7,9-11H,2,8H2,1H3/b17-10+. The molecule has 0 unspecified atom stereocenters. The van der Waals surface area contributed by atoms with E-state index in [1.807, 2.05) is 6.92 Å². The molecule has 0 N–H and O–H groups in total. The molecule has 1 fully saturated rings. The third-order valence-corrected chi connectivity index (χ3v) is 5.09. The number of imide groups is 1. The number of carbonyl (C=O) groups is 2. The van der Waals surface area contributed by atoms with Gasteiger partial charge in [-0.15, -0.1) is 0 Å². The van der Waals surface area contributed by atoms with Crippen molar-refractivity contribution in [3.63, 3.8) is 0 Å². The van der Waals surface area contributed by atoms with Gasteiger partial charge in [0.05, 0.1) is 15.4 Å². The Labute approximate surface area is 178 Å². The summed E-state index contributed by atoms with van der Waals surface area (Å²) in [6.07, 6.45) is -2.63. The fraction of sp³-hybridized carbons (Fsp3) is 0.200. The van der Waals surface area contributed by atoms with Crippen LogP contribution in [0.25, 0.3) is 6.08 Å². The monoisotopic (exact) mass is 452 g/mol. The lowest BCUT2D eigenvalue weighted by atomic mass is 10.1. The number of nitrogens with zero attached hydrogens (tertiary/aromatic N) is 2. The van der Waals surface area contributed by atoms with Gasteiger partial charge in [0.1, 0.15) is 5.75 Å². The predicted molar refractivity (Wildman–Crippen MR) is 108 cm³/mol. The molecule has 31 heavy (non-hydrogen) atoms. The lowest BCUT2D eigenvalue weighted by molar-refractivity contribution is -0.385. The van der Waals surface area contributed by atoms with E-state index in [-0.39, 0.29) is 21.6 Å². The molecule has 2 aromatic rings. The van der Waals surface area contributed by atoms with E-state index in [9.17, 15) is 32.9 Å². The van der Waals surface area contributed by atoms with Crippen molar-refractivity contribution < 1.29 is 32.4 Å². The summed E-state index contributed by atoms with van der Waals surface area (Å²) in [6, 6.07) is 8.06. The molecule has 1 heterocycles. The molecular weight excluding hydrogens is 437 g/mol. The second-order valence-electron chi connectivity index (χ2n) is 6.45. The maximum absolute atomic E-state index is 12.8. The van der Waals surface area contributed by atoms with Gasteiger partial charge in [-0.2, -0.15) is 13.2 Å². The van der Waals surface area contributed by atoms with Crippen molar-refractivity contribution in [2.45, 2.75) is 19.5 Å². The fourth-order valence-corrected chi connectivity index (χ4v) is 3.65. The van der Waals surface area contributed by atoms with Crippen molar-refractivity contribution in [3.8, 4) is 11.5 Å². The Bertz CT molecular complexity index is 1080. The van der Waals surface area contributed by atoms with Crippen molar-refractivity contribution >= 4 is 34.7 Å². The number of alkyl halides is 3. The Hall–Kier alpha value is -3.34. The van der Waals surface area contributed by atoms with E-state index >= 15 is 0 Å². The number of benzene rings is 2. The van der Waals surface area contributed by atoms with Crippen LogP contribution in [0.15, 0.2) is 47.4 Å². The highest BCUT2D eigenvalue weighted by Crippen LogP contribution is 2.38. The first-order chi connectivity index (χ1) is 14.6. The van der Waals surface area contributed by atoms with Crippen molar-refractivity contribution in [1.29, 1.82) is 0 Å². The van der Waals surface area contributed by atoms with Crippen molar-refractivity contribution in [2.75, 3.05) is 6.54 Å². The minimum absolute atomic E-state index is 0.115. The van der Waals surface area contributed by atoms with E-state index < -0.39 is 28.3 Å². The Morgan fingerprint density at radius 1 is 1.19 bits per heavy atom. The molecule has 0 bridgehead atoms. The summed E-state index contributed by atoms with van der Waals surface area (Å²) >= 11 is 0.799. The fourth-order valence-electron chi connectivity index (χ4n) is 2.79. The lowest BCUT2D eigenvalue weighted by Crippen LogP contribution is -2.28. The number of rotatable bonds is 6. The molecule has 0 radical (unpaired) electrons. The molecule has 1 saturated heterocycles. The molecule has 0 aliphatic carbocycles. The van der Waals surface area contributed by atoms with Gasteiger partial charge in [-0.25, -0.2) is 0 Å². The number of hydrogen-bond donors (Lipinski definition) is 0. The quantitative estimate of drug-likeness (QED) is 0.310. The van der Waals surface area contributed by atoms with Gasteiger partial charge in [0.2, 0.25) is 5.75 Å². The largest absolute Gasteiger partial charge is 0.450 e. The molecule has 0 aromatic heterocycles. The molecule has 7 nitrogen and oxygen atoms in total. The Kier molecular flexibility index (Phi) is 6.34. The number of ether oxygens (including phenoxy) is 1. The van der Waals surface area contributed by atoms with Crippen molar-refractivity contribution in [2.24, 2.45) is 0 Å². The second-order valence-corrected chi connectivity index (χ2v) is 7.44. The van der Waals surface area contributed by atoms with Crippen LogP contribution in [0.5, 0.6) is 11.5 Å². The molecule has 2 amide bonds. The predicted octanol–water partition coefficient (Wildman–Crippen LogP) is 5.85. The molecule has 0 atom stereocenters. The number of halogens is 3. The van der Waals surface area contributed by atoms with Crippen LogP contribution in [-0.2, 0) is 11.0 Å². The van der Waals surface area contributed by atoms with Crippen molar-refractivity contribution in [1.82, 2.24) is 4.90 Å². The van der Waals surface area contributed by atoms with E-state index in [1.54, 1.807) is 12.1 Å². The number of thioether (sulfide) groups is 1. The van der Waals surface area contributed by atoms with Crippen LogP contribution in [0.1, 0.15) is 24.5 Å². The van der Waals surface area contributed by atoms with Crippen LogP contribution in [0, 0.1) is 10.1 Å². The maximum atomic E-state index is 12.8. The zero-order valence-electron chi connectivity index (χ0n) is 16.0. The van der Waals surface area contributed by atoms with Crippen molar-refractivity contribution in [3.05, 3.63) is 68.6 Å². The average Bonchev–Trinajstić information content (AvgIpc) is 2.95.